The van der Waals surface area contributed by atoms with Gasteiger partial charge in [-0.2, -0.15) is 0 Å². The molecule has 1 heteroatoms. The first-order valence-electron chi connectivity index (χ1n) is 3.91. The summed E-state index contributed by atoms with van der Waals surface area (Å²) < 4.78 is 0. The minimum Gasteiger partial charge on any atom is -0.299 e. The SMILES string of the molecule is CCCC(C)C/C=C/C=O. The lowest BCUT2D eigenvalue weighted by atomic mass is 10.0. The Hall–Kier alpha value is -0.590. The molecule has 0 aromatic rings. The molecule has 0 bridgehead atoms. The zero-order valence-corrected chi connectivity index (χ0v) is 6.84. The van der Waals surface area contributed by atoms with Gasteiger partial charge in [-0.15, -0.1) is 0 Å². The summed E-state index contributed by atoms with van der Waals surface area (Å²) in [7, 11) is 0. The van der Waals surface area contributed by atoms with Gasteiger partial charge in [-0.25, -0.2) is 0 Å². The Morgan fingerprint density at radius 1 is 1.50 bits per heavy atom. The van der Waals surface area contributed by atoms with E-state index in [0.717, 1.165) is 18.6 Å². The number of carbonyl (C=O) groups is 1. The summed E-state index contributed by atoms with van der Waals surface area (Å²) in [5, 5.41) is 0. The van der Waals surface area contributed by atoms with Crippen molar-refractivity contribution in [1.29, 1.82) is 0 Å². The predicted octanol–water partition coefficient (Wildman–Crippen LogP) is 2.57. The number of rotatable bonds is 5. The van der Waals surface area contributed by atoms with Gasteiger partial charge in [-0.05, 0) is 18.4 Å². The number of hydrogen-bond acceptors (Lipinski definition) is 1. The Morgan fingerprint density at radius 2 is 2.20 bits per heavy atom. The molecule has 0 aliphatic heterocycles. The Kier molecular flexibility index (Phi) is 6.14. The quantitative estimate of drug-likeness (QED) is 0.423. The lowest BCUT2D eigenvalue weighted by Crippen LogP contribution is -1.90. The molecule has 0 rings (SSSR count). The molecule has 10 heavy (non-hydrogen) atoms. The molecule has 1 nitrogen and oxygen atoms in total. The van der Waals surface area contributed by atoms with Crippen LogP contribution >= 0.6 is 0 Å². The van der Waals surface area contributed by atoms with Gasteiger partial charge in [-0.3, -0.25) is 4.79 Å². The van der Waals surface area contributed by atoms with Crippen LogP contribution in [0.15, 0.2) is 12.2 Å². The zero-order chi connectivity index (χ0) is 7.82. The van der Waals surface area contributed by atoms with Crippen molar-refractivity contribution in [2.24, 2.45) is 5.92 Å². The maximum atomic E-state index is 9.86. The molecule has 0 aliphatic rings. The number of carbonyl (C=O) groups excluding carboxylic acids is 1. The highest BCUT2D eigenvalue weighted by molar-refractivity contribution is 5.64. The van der Waals surface area contributed by atoms with Crippen LogP contribution in [0.2, 0.25) is 0 Å². The van der Waals surface area contributed by atoms with E-state index in [-0.39, 0.29) is 0 Å². The van der Waals surface area contributed by atoms with Crippen molar-refractivity contribution in [3.63, 3.8) is 0 Å². The summed E-state index contributed by atoms with van der Waals surface area (Å²) in [6, 6.07) is 0. The zero-order valence-electron chi connectivity index (χ0n) is 6.84. The second kappa shape index (κ2) is 6.53. The lowest BCUT2D eigenvalue weighted by Gasteiger charge is -2.03. The molecule has 0 amide bonds. The highest BCUT2D eigenvalue weighted by Gasteiger charge is 1.95. The van der Waals surface area contributed by atoms with Gasteiger partial charge in [-0.1, -0.05) is 32.8 Å². The van der Waals surface area contributed by atoms with E-state index in [4.69, 9.17) is 0 Å². The van der Waals surface area contributed by atoms with Crippen molar-refractivity contribution < 1.29 is 4.79 Å². The minimum atomic E-state index is 0.723. The van der Waals surface area contributed by atoms with Gasteiger partial charge in [0.1, 0.15) is 6.29 Å². The third-order valence-corrected chi connectivity index (χ3v) is 1.53. The van der Waals surface area contributed by atoms with Crippen molar-refractivity contribution in [2.75, 3.05) is 0 Å². The van der Waals surface area contributed by atoms with Crippen LogP contribution in [0.25, 0.3) is 0 Å². The molecule has 0 fully saturated rings. The summed E-state index contributed by atoms with van der Waals surface area (Å²) in [5.41, 5.74) is 0. The topological polar surface area (TPSA) is 17.1 Å². The third kappa shape index (κ3) is 5.54. The van der Waals surface area contributed by atoms with Crippen LogP contribution in [-0.2, 0) is 4.79 Å². The molecule has 0 aliphatic carbocycles. The van der Waals surface area contributed by atoms with Crippen LogP contribution in [0, 0.1) is 5.92 Å². The molecule has 1 atom stereocenters. The highest BCUT2D eigenvalue weighted by atomic mass is 16.1. The number of hydrogen-bond donors (Lipinski definition) is 0. The van der Waals surface area contributed by atoms with E-state index < -0.39 is 0 Å². The van der Waals surface area contributed by atoms with Crippen molar-refractivity contribution in [3.05, 3.63) is 12.2 Å². The smallest absolute Gasteiger partial charge is 0.142 e. The lowest BCUT2D eigenvalue weighted by molar-refractivity contribution is -0.104. The summed E-state index contributed by atoms with van der Waals surface area (Å²) >= 11 is 0. The van der Waals surface area contributed by atoms with Crippen LogP contribution in [-0.4, -0.2) is 6.29 Å². The number of aldehydes is 1. The van der Waals surface area contributed by atoms with E-state index in [0.29, 0.717) is 0 Å². The molecule has 1 unspecified atom stereocenters. The maximum Gasteiger partial charge on any atom is 0.142 e. The minimum absolute atomic E-state index is 0.723. The molecule has 0 N–H and O–H groups in total. The molecule has 0 saturated carbocycles. The second-order valence-electron chi connectivity index (χ2n) is 2.69. The van der Waals surface area contributed by atoms with Crippen LogP contribution in [0.1, 0.15) is 33.1 Å². The van der Waals surface area contributed by atoms with E-state index in [9.17, 15) is 4.79 Å². The van der Waals surface area contributed by atoms with E-state index in [1.165, 1.54) is 12.8 Å². The molecule has 58 valence electrons. The Balaban J connectivity index is 3.28. The van der Waals surface area contributed by atoms with Gasteiger partial charge in [0.05, 0.1) is 0 Å². The normalized spacial score (nSPS) is 13.8. The van der Waals surface area contributed by atoms with Crippen LogP contribution < -0.4 is 0 Å². The molecule has 0 heterocycles. The fourth-order valence-corrected chi connectivity index (χ4v) is 0.977. The van der Waals surface area contributed by atoms with E-state index in [2.05, 4.69) is 13.8 Å². The van der Waals surface area contributed by atoms with Crippen LogP contribution in [0.4, 0.5) is 0 Å². The fourth-order valence-electron chi connectivity index (χ4n) is 0.977. The van der Waals surface area contributed by atoms with Gasteiger partial charge in [0.15, 0.2) is 0 Å². The molecule has 0 aromatic heterocycles. The van der Waals surface area contributed by atoms with Crippen molar-refractivity contribution in [1.82, 2.24) is 0 Å². The maximum absolute atomic E-state index is 9.86. The van der Waals surface area contributed by atoms with E-state index >= 15 is 0 Å². The summed E-state index contributed by atoms with van der Waals surface area (Å²) in [6.45, 7) is 4.39. The average Bonchev–Trinajstić information content (AvgIpc) is 1.89. The Bertz CT molecular complexity index is 105. The molecule has 0 spiro atoms. The van der Waals surface area contributed by atoms with Gasteiger partial charge in [0.25, 0.3) is 0 Å². The molecule has 0 radical (unpaired) electrons. The summed E-state index contributed by atoms with van der Waals surface area (Å²) in [5.74, 6) is 0.723. The predicted molar refractivity (Wildman–Crippen MR) is 43.9 cm³/mol. The molecule has 0 saturated heterocycles. The van der Waals surface area contributed by atoms with E-state index in [1.807, 2.05) is 6.08 Å². The number of allylic oxidation sites excluding steroid dienone is 2. The fraction of sp³-hybridized carbons (Fsp3) is 0.667. The standard InChI is InChI=1S/C9H16O/c1-3-6-9(2)7-4-5-8-10/h4-5,8-9H,3,6-7H2,1-2H3/b5-4+. The third-order valence-electron chi connectivity index (χ3n) is 1.53. The van der Waals surface area contributed by atoms with Gasteiger partial charge in [0, 0.05) is 0 Å². The van der Waals surface area contributed by atoms with E-state index in [1.54, 1.807) is 6.08 Å². The summed E-state index contributed by atoms with van der Waals surface area (Å²) in [4.78, 5) is 9.86. The van der Waals surface area contributed by atoms with Crippen LogP contribution in [0.5, 0.6) is 0 Å². The first-order chi connectivity index (χ1) is 4.81. The largest absolute Gasteiger partial charge is 0.299 e. The first kappa shape index (κ1) is 9.41. The Morgan fingerprint density at radius 3 is 2.70 bits per heavy atom. The Labute approximate surface area is 63.1 Å². The van der Waals surface area contributed by atoms with Crippen molar-refractivity contribution in [2.45, 2.75) is 33.1 Å². The molecular formula is C9H16O. The summed E-state index contributed by atoms with van der Waals surface area (Å²) in [6.07, 6.45) is 7.87. The van der Waals surface area contributed by atoms with Gasteiger partial charge < -0.3 is 0 Å². The highest BCUT2D eigenvalue weighted by Crippen LogP contribution is 2.09. The average molecular weight is 140 g/mol. The molecular weight excluding hydrogens is 124 g/mol. The first-order valence-corrected chi connectivity index (χ1v) is 3.91. The monoisotopic (exact) mass is 140 g/mol. The van der Waals surface area contributed by atoms with Gasteiger partial charge >= 0.3 is 0 Å². The van der Waals surface area contributed by atoms with Crippen molar-refractivity contribution >= 4 is 6.29 Å². The second-order valence-corrected chi connectivity index (χ2v) is 2.69. The van der Waals surface area contributed by atoms with Gasteiger partial charge in [0.2, 0.25) is 0 Å². The molecule has 0 aromatic carbocycles. The van der Waals surface area contributed by atoms with Crippen molar-refractivity contribution in [3.8, 4) is 0 Å². The van der Waals surface area contributed by atoms with Crippen LogP contribution in [0.3, 0.4) is 0 Å².